The van der Waals surface area contributed by atoms with Crippen LogP contribution in [0.4, 0.5) is 5.69 Å². The number of ether oxygens (including phenoxy) is 1. The number of nitrogens with zero attached hydrogens (tertiary/aromatic N) is 2. The highest BCUT2D eigenvalue weighted by molar-refractivity contribution is 6.04. The molecule has 2 aliphatic heterocycles. The predicted molar refractivity (Wildman–Crippen MR) is 112 cm³/mol. The number of halogens is 1. The van der Waals surface area contributed by atoms with Crippen molar-refractivity contribution in [2.24, 2.45) is 0 Å². The maximum absolute atomic E-state index is 12.6. The molecule has 1 fully saturated rings. The van der Waals surface area contributed by atoms with Gasteiger partial charge in [0.05, 0.1) is 0 Å². The Bertz CT molecular complexity index is 817. The standard InChI is InChI=1S/C20H27N5O2.ClH/c1-14-12-15(4-5-18(14)27-11-10-25-8-2-3-9-25)22-20(26)19-16-13-21-7-6-17(16)23-24-19;/h4-5,12,21H,2-3,6-11,13H2,1H3,(H,22,26)(H,23,24);1H. The fourth-order valence-corrected chi connectivity index (χ4v) is 3.78. The van der Waals surface area contributed by atoms with Crippen molar-refractivity contribution >= 4 is 24.0 Å². The quantitative estimate of drug-likeness (QED) is 0.687. The molecular weight excluding hydrogens is 378 g/mol. The first-order valence-electron chi connectivity index (χ1n) is 9.75. The van der Waals surface area contributed by atoms with Crippen molar-refractivity contribution in [1.29, 1.82) is 0 Å². The molecule has 3 heterocycles. The number of amides is 1. The van der Waals surface area contributed by atoms with E-state index in [2.05, 4.69) is 25.7 Å². The van der Waals surface area contributed by atoms with Crippen molar-refractivity contribution in [1.82, 2.24) is 20.4 Å². The summed E-state index contributed by atoms with van der Waals surface area (Å²) in [5, 5.41) is 13.4. The molecule has 4 rings (SSSR count). The summed E-state index contributed by atoms with van der Waals surface area (Å²) < 4.78 is 5.93. The zero-order chi connectivity index (χ0) is 18.6. The van der Waals surface area contributed by atoms with E-state index in [0.717, 1.165) is 47.8 Å². The smallest absolute Gasteiger partial charge is 0.276 e. The van der Waals surface area contributed by atoms with Gasteiger partial charge in [-0.1, -0.05) is 0 Å². The van der Waals surface area contributed by atoms with Crippen molar-refractivity contribution in [2.75, 3.05) is 38.1 Å². The lowest BCUT2D eigenvalue weighted by Crippen LogP contribution is -2.25. The second-order valence-electron chi connectivity index (χ2n) is 7.29. The van der Waals surface area contributed by atoms with Gasteiger partial charge in [0.1, 0.15) is 12.4 Å². The topological polar surface area (TPSA) is 82.3 Å². The number of H-pyrrole nitrogens is 1. The van der Waals surface area contributed by atoms with Gasteiger partial charge in [0.2, 0.25) is 0 Å². The first kappa shape index (κ1) is 20.6. The summed E-state index contributed by atoms with van der Waals surface area (Å²) in [7, 11) is 0. The molecule has 3 N–H and O–H groups in total. The average Bonchev–Trinajstić information content (AvgIpc) is 3.33. The van der Waals surface area contributed by atoms with Gasteiger partial charge in [0, 0.05) is 43.0 Å². The van der Waals surface area contributed by atoms with E-state index in [1.54, 1.807) is 0 Å². The number of carbonyl (C=O) groups excluding carboxylic acids is 1. The van der Waals surface area contributed by atoms with Crippen molar-refractivity contribution in [3.05, 3.63) is 40.7 Å². The molecule has 0 bridgehead atoms. The Morgan fingerprint density at radius 3 is 2.93 bits per heavy atom. The maximum Gasteiger partial charge on any atom is 0.276 e. The summed E-state index contributed by atoms with van der Waals surface area (Å²) in [6, 6.07) is 5.75. The highest BCUT2D eigenvalue weighted by Gasteiger charge is 2.21. The van der Waals surface area contributed by atoms with Gasteiger partial charge in [-0.3, -0.25) is 14.8 Å². The maximum atomic E-state index is 12.6. The summed E-state index contributed by atoms with van der Waals surface area (Å²) in [4.78, 5) is 15.0. The highest BCUT2D eigenvalue weighted by atomic mass is 35.5. The molecule has 8 heteroatoms. The van der Waals surface area contributed by atoms with E-state index in [-0.39, 0.29) is 18.3 Å². The highest BCUT2D eigenvalue weighted by Crippen LogP contribution is 2.23. The van der Waals surface area contributed by atoms with Crippen molar-refractivity contribution in [3.63, 3.8) is 0 Å². The third-order valence-electron chi connectivity index (χ3n) is 5.32. The normalized spacial score (nSPS) is 16.3. The van der Waals surface area contributed by atoms with E-state index >= 15 is 0 Å². The van der Waals surface area contributed by atoms with Gasteiger partial charge in [0.15, 0.2) is 5.69 Å². The lowest BCUT2D eigenvalue weighted by Gasteiger charge is -2.16. The van der Waals surface area contributed by atoms with Gasteiger partial charge in [0.25, 0.3) is 5.91 Å². The Kier molecular flexibility index (Phi) is 6.93. The van der Waals surface area contributed by atoms with Gasteiger partial charge in [-0.05, 0) is 56.6 Å². The number of aromatic amines is 1. The zero-order valence-corrected chi connectivity index (χ0v) is 17.0. The second-order valence-corrected chi connectivity index (χ2v) is 7.29. The molecule has 152 valence electrons. The zero-order valence-electron chi connectivity index (χ0n) is 16.2. The molecule has 1 aromatic heterocycles. The summed E-state index contributed by atoms with van der Waals surface area (Å²) in [6.45, 7) is 7.61. The number of aromatic nitrogens is 2. The number of carbonyl (C=O) groups is 1. The van der Waals surface area contributed by atoms with Crippen LogP contribution in [0, 0.1) is 6.92 Å². The summed E-state index contributed by atoms with van der Waals surface area (Å²) in [5.41, 5.74) is 4.26. The van der Waals surface area contributed by atoms with Crippen LogP contribution >= 0.6 is 12.4 Å². The van der Waals surface area contributed by atoms with Crippen LogP contribution in [0.5, 0.6) is 5.75 Å². The molecule has 2 aliphatic rings. The molecule has 2 aromatic rings. The molecule has 1 aromatic carbocycles. The van der Waals surface area contributed by atoms with Gasteiger partial charge in [-0.15, -0.1) is 12.4 Å². The molecule has 28 heavy (non-hydrogen) atoms. The molecule has 1 amide bonds. The second kappa shape index (κ2) is 9.41. The number of aryl methyl sites for hydroxylation is 1. The first-order chi connectivity index (χ1) is 13.2. The number of anilines is 1. The van der Waals surface area contributed by atoms with Gasteiger partial charge >= 0.3 is 0 Å². The molecule has 0 unspecified atom stereocenters. The molecule has 0 saturated carbocycles. The number of hydrogen-bond acceptors (Lipinski definition) is 5. The van der Waals surface area contributed by atoms with E-state index in [9.17, 15) is 4.79 Å². The Morgan fingerprint density at radius 2 is 2.14 bits per heavy atom. The molecule has 0 radical (unpaired) electrons. The fourth-order valence-electron chi connectivity index (χ4n) is 3.78. The minimum Gasteiger partial charge on any atom is -0.492 e. The number of fused-ring (bicyclic) bond motifs is 1. The van der Waals surface area contributed by atoms with Gasteiger partial charge in [-0.25, -0.2) is 0 Å². The first-order valence-corrected chi connectivity index (χ1v) is 9.75. The Morgan fingerprint density at radius 1 is 1.32 bits per heavy atom. The summed E-state index contributed by atoms with van der Waals surface area (Å²) in [5.74, 6) is 0.687. The molecule has 7 nitrogen and oxygen atoms in total. The van der Waals surface area contributed by atoms with Crippen LogP contribution in [0.1, 0.15) is 40.2 Å². The van der Waals surface area contributed by atoms with Crippen molar-refractivity contribution < 1.29 is 9.53 Å². The lowest BCUT2D eigenvalue weighted by atomic mass is 10.1. The van der Waals surface area contributed by atoms with Crippen LogP contribution in [-0.2, 0) is 13.0 Å². The van der Waals surface area contributed by atoms with E-state index in [1.807, 2.05) is 25.1 Å². The van der Waals surface area contributed by atoms with Crippen LogP contribution in [0.3, 0.4) is 0 Å². The van der Waals surface area contributed by atoms with Crippen molar-refractivity contribution in [2.45, 2.75) is 32.7 Å². The Hall–Kier alpha value is -2.09. The molecule has 0 spiro atoms. The Balaban J connectivity index is 0.00000225. The summed E-state index contributed by atoms with van der Waals surface area (Å²) >= 11 is 0. The lowest BCUT2D eigenvalue weighted by molar-refractivity contribution is 0.102. The van der Waals surface area contributed by atoms with Gasteiger partial charge < -0.3 is 15.4 Å². The molecule has 0 atom stereocenters. The van der Waals surface area contributed by atoms with Crippen LogP contribution in [0.25, 0.3) is 0 Å². The third-order valence-corrected chi connectivity index (χ3v) is 5.32. The number of rotatable bonds is 6. The summed E-state index contributed by atoms with van der Waals surface area (Å²) in [6.07, 6.45) is 3.46. The minimum atomic E-state index is -0.182. The molecule has 1 saturated heterocycles. The predicted octanol–water partition coefficient (Wildman–Crippen LogP) is 2.51. The third kappa shape index (κ3) is 4.66. The van der Waals surface area contributed by atoms with Crippen LogP contribution in [0.15, 0.2) is 18.2 Å². The molecule has 0 aliphatic carbocycles. The number of hydrogen-bond donors (Lipinski definition) is 3. The van der Waals surface area contributed by atoms with E-state index in [0.29, 0.717) is 18.8 Å². The average molecular weight is 406 g/mol. The van der Waals surface area contributed by atoms with Crippen molar-refractivity contribution in [3.8, 4) is 5.75 Å². The monoisotopic (exact) mass is 405 g/mol. The number of benzene rings is 1. The van der Waals surface area contributed by atoms with E-state index < -0.39 is 0 Å². The van der Waals surface area contributed by atoms with E-state index in [4.69, 9.17) is 4.74 Å². The van der Waals surface area contributed by atoms with Crippen LogP contribution in [-0.4, -0.2) is 53.8 Å². The van der Waals surface area contributed by atoms with E-state index in [1.165, 1.54) is 25.9 Å². The largest absolute Gasteiger partial charge is 0.492 e. The minimum absolute atomic E-state index is 0. The fraction of sp³-hybridized carbons (Fsp3) is 0.500. The number of nitrogens with one attached hydrogen (secondary N) is 3. The van der Waals surface area contributed by atoms with Crippen LogP contribution < -0.4 is 15.4 Å². The number of likely N-dealkylation sites (tertiary alicyclic amines) is 1. The SMILES string of the molecule is Cc1cc(NC(=O)c2n[nH]c3c2CNCC3)ccc1OCCN1CCCC1.Cl. The molecular formula is C20H28ClN5O2. The van der Waals surface area contributed by atoms with Gasteiger partial charge in [-0.2, -0.15) is 5.10 Å². The Labute approximate surface area is 171 Å². The van der Waals surface area contributed by atoms with Crippen LogP contribution in [0.2, 0.25) is 0 Å².